The number of thioether (sulfide) groups is 1. The molecular weight excluding hydrogens is 190 g/mol. The maximum absolute atomic E-state index is 9.75. The van der Waals surface area contributed by atoms with Crippen LogP contribution >= 0.6 is 11.8 Å². The van der Waals surface area contributed by atoms with E-state index in [-0.39, 0.29) is 49.5 Å². The number of hydrogen-bond acceptors (Lipinski definition) is 7. The molecule has 13 heavy (non-hydrogen) atoms. The molecule has 0 bridgehead atoms. The minimum atomic E-state index is -2.07. The van der Waals surface area contributed by atoms with E-state index >= 15 is 0 Å². The fourth-order valence-corrected chi connectivity index (χ4v) is 0.700. The Morgan fingerprint density at radius 2 is 1.23 bits per heavy atom. The first-order valence-electron chi connectivity index (χ1n) is 2.38. The average molecular weight is 194 g/mol. The van der Waals surface area contributed by atoms with Crippen LogP contribution in [0.2, 0.25) is 0 Å². The predicted octanol–water partition coefficient (Wildman–Crippen LogP) is -10.1. The van der Waals surface area contributed by atoms with Crippen molar-refractivity contribution in [3.8, 4) is 0 Å². The third-order valence-electron chi connectivity index (χ3n) is 0.661. The van der Waals surface area contributed by atoms with Crippen molar-refractivity contribution in [1.82, 2.24) is 0 Å². The van der Waals surface area contributed by atoms with E-state index in [1.807, 2.05) is 0 Å². The third kappa shape index (κ3) is 8.73. The molecule has 2 atom stereocenters. The standard InChI is InChI=1S/C4H6O6S.2Li/c5-1(6)3(9)11-4(10)2(7)8;;/h3-4,9-10H,(H,5,6)(H,7,8);;/q;2*+1/p-2. The molecule has 0 radical (unpaired) electrons. The topological polar surface area (TPSA) is 121 Å². The molecule has 0 amide bonds. The number of aliphatic carboxylic acids is 2. The minimum Gasteiger partial charge on any atom is -0.546 e. The number of carboxylic acids is 2. The molecule has 0 aliphatic rings. The van der Waals surface area contributed by atoms with Crippen molar-refractivity contribution in [2.24, 2.45) is 0 Å². The van der Waals surface area contributed by atoms with E-state index in [0.717, 1.165) is 0 Å². The number of carbonyl (C=O) groups excluding carboxylic acids is 2. The number of carbonyl (C=O) groups is 2. The number of hydrogen-bond donors (Lipinski definition) is 2. The summed E-state index contributed by atoms with van der Waals surface area (Å²) in [4.78, 5) is 19.5. The summed E-state index contributed by atoms with van der Waals surface area (Å²) in [6.45, 7) is 0. The van der Waals surface area contributed by atoms with Gasteiger partial charge in [0.2, 0.25) is 0 Å². The van der Waals surface area contributed by atoms with E-state index in [0.29, 0.717) is 0 Å². The molecule has 0 aromatic heterocycles. The predicted molar refractivity (Wildman–Crippen MR) is 29.6 cm³/mol. The molecule has 0 heterocycles. The molecule has 0 spiro atoms. The Bertz CT molecular complexity index is 158. The van der Waals surface area contributed by atoms with Gasteiger partial charge in [-0.3, -0.25) is 0 Å². The van der Waals surface area contributed by atoms with Crippen LogP contribution in [0, 0.1) is 0 Å². The fraction of sp³-hybridized carbons (Fsp3) is 0.500. The van der Waals surface area contributed by atoms with Gasteiger partial charge in [-0.1, -0.05) is 11.8 Å². The van der Waals surface area contributed by atoms with Crippen molar-refractivity contribution in [1.29, 1.82) is 0 Å². The summed E-state index contributed by atoms with van der Waals surface area (Å²) < 4.78 is 0. The summed E-state index contributed by atoms with van der Waals surface area (Å²) in [7, 11) is 0. The van der Waals surface area contributed by atoms with E-state index in [1.54, 1.807) is 0 Å². The Morgan fingerprint density at radius 3 is 1.38 bits per heavy atom. The van der Waals surface area contributed by atoms with E-state index in [9.17, 15) is 19.8 Å². The third-order valence-corrected chi connectivity index (χ3v) is 1.56. The summed E-state index contributed by atoms with van der Waals surface area (Å²) in [5.41, 5.74) is -4.13. The first-order chi connectivity index (χ1) is 4.95. The van der Waals surface area contributed by atoms with E-state index in [1.165, 1.54) is 0 Å². The number of aliphatic hydroxyl groups is 2. The number of carboxylic acid groups (broad SMARTS) is 2. The Hall–Kier alpha value is 0.405. The molecule has 6 nitrogen and oxygen atoms in total. The Morgan fingerprint density at radius 1 is 1.00 bits per heavy atom. The van der Waals surface area contributed by atoms with E-state index < -0.39 is 22.8 Å². The van der Waals surface area contributed by atoms with Gasteiger partial charge >= 0.3 is 37.7 Å². The first-order valence-corrected chi connectivity index (χ1v) is 3.32. The normalized spacial score (nSPS) is 13.1. The number of rotatable bonds is 4. The second kappa shape index (κ2) is 8.98. The molecule has 0 saturated heterocycles. The molecule has 64 valence electrons. The van der Waals surface area contributed by atoms with Gasteiger partial charge in [0, 0.05) is 0 Å². The molecule has 9 heteroatoms. The molecule has 0 aliphatic heterocycles. The molecule has 2 unspecified atom stereocenters. The molecule has 0 rings (SSSR count). The van der Waals surface area contributed by atoms with Crippen LogP contribution in [0.1, 0.15) is 0 Å². The van der Waals surface area contributed by atoms with Crippen LogP contribution in [0.3, 0.4) is 0 Å². The van der Waals surface area contributed by atoms with Gasteiger partial charge in [0.15, 0.2) is 0 Å². The van der Waals surface area contributed by atoms with Crippen molar-refractivity contribution in [3.05, 3.63) is 0 Å². The van der Waals surface area contributed by atoms with Gasteiger partial charge in [-0.15, -0.1) is 0 Å². The largest absolute Gasteiger partial charge is 1.00 e. The minimum absolute atomic E-state index is 0. The molecule has 2 N–H and O–H groups in total. The second-order valence-corrected chi connectivity index (χ2v) is 2.64. The van der Waals surface area contributed by atoms with Gasteiger partial charge in [0.25, 0.3) is 0 Å². The van der Waals surface area contributed by atoms with Gasteiger partial charge in [-0.2, -0.15) is 0 Å². The van der Waals surface area contributed by atoms with E-state index in [2.05, 4.69) is 0 Å². The summed E-state index contributed by atoms with van der Waals surface area (Å²) in [5.74, 6) is -3.73. The maximum Gasteiger partial charge on any atom is 1.00 e. The Labute approximate surface area is 102 Å². The van der Waals surface area contributed by atoms with Crippen LogP contribution in [0.4, 0.5) is 0 Å². The molecule has 0 fully saturated rings. The van der Waals surface area contributed by atoms with Gasteiger partial charge in [0.1, 0.15) is 10.9 Å². The molecule has 0 aromatic carbocycles. The van der Waals surface area contributed by atoms with Gasteiger partial charge in [-0.25, -0.2) is 0 Å². The number of aliphatic hydroxyl groups excluding tert-OH is 2. The van der Waals surface area contributed by atoms with Gasteiger partial charge in [-0.05, 0) is 0 Å². The van der Waals surface area contributed by atoms with Crippen molar-refractivity contribution in [3.63, 3.8) is 0 Å². The molecule has 0 aliphatic carbocycles. The summed E-state index contributed by atoms with van der Waals surface area (Å²) in [5, 5.41) is 36.3. The zero-order valence-electron chi connectivity index (χ0n) is 7.09. The van der Waals surface area contributed by atoms with Crippen LogP contribution in [0.25, 0.3) is 0 Å². The molecule has 0 aromatic rings. The monoisotopic (exact) mass is 194 g/mol. The van der Waals surface area contributed by atoms with Crippen molar-refractivity contribution in [2.75, 3.05) is 0 Å². The quantitative estimate of drug-likeness (QED) is 0.336. The van der Waals surface area contributed by atoms with Crippen LogP contribution in [0.15, 0.2) is 0 Å². The molecule has 0 saturated carbocycles. The molecular formula is C4H4Li2O6S. The maximum atomic E-state index is 9.75. The van der Waals surface area contributed by atoms with Crippen molar-refractivity contribution < 1.29 is 67.7 Å². The summed E-state index contributed by atoms with van der Waals surface area (Å²) >= 11 is -0.0972. The van der Waals surface area contributed by atoms with Crippen molar-refractivity contribution >= 4 is 23.7 Å². The second-order valence-electron chi connectivity index (χ2n) is 1.48. The van der Waals surface area contributed by atoms with Crippen LogP contribution in [-0.4, -0.2) is 33.0 Å². The first kappa shape index (κ1) is 19.1. The Kier molecular flexibility index (Phi) is 13.2. The van der Waals surface area contributed by atoms with Gasteiger partial charge < -0.3 is 30.0 Å². The SMILES string of the molecule is O=C([O-])C(O)SC(O)C(=O)[O-].[Li+].[Li+]. The summed E-state index contributed by atoms with van der Waals surface area (Å²) in [6, 6.07) is 0. The van der Waals surface area contributed by atoms with Crippen LogP contribution < -0.4 is 47.9 Å². The zero-order chi connectivity index (χ0) is 9.02. The Balaban J connectivity index is -0.000000500. The van der Waals surface area contributed by atoms with Gasteiger partial charge in [0.05, 0.1) is 11.9 Å². The smallest absolute Gasteiger partial charge is 0.546 e. The van der Waals surface area contributed by atoms with Crippen molar-refractivity contribution in [2.45, 2.75) is 10.9 Å². The van der Waals surface area contributed by atoms with Crippen LogP contribution in [-0.2, 0) is 9.59 Å². The fourth-order valence-electron chi connectivity index (χ4n) is 0.233. The zero-order valence-corrected chi connectivity index (χ0v) is 7.91. The summed E-state index contributed by atoms with van der Waals surface area (Å²) in [6.07, 6.45) is 0. The van der Waals surface area contributed by atoms with Crippen LogP contribution in [0.5, 0.6) is 0 Å². The average Bonchev–Trinajstić information content (AvgIpc) is 1.87. The van der Waals surface area contributed by atoms with E-state index in [4.69, 9.17) is 10.2 Å².